The van der Waals surface area contributed by atoms with Gasteiger partial charge in [0.05, 0.1) is 21.9 Å². The SMILES string of the molecule is O=C(Cl)c1ccc2c(=O)c3c(C(F)(F)F)cc(C(F)(F)F)cc3oc2c1. The zero-order valence-corrected chi connectivity index (χ0v) is 13.0. The third-order valence-corrected chi connectivity index (χ3v) is 3.85. The second-order valence-corrected chi connectivity index (χ2v) is 5.65. The molecule has 136 valence electrons. The lowest BCUT2D eigenvalue weighted by Crippen LogP contribution is -2.16. The average molecular weight is 395 g/mol. The fourth-order valence-electron chi connectivity index (χ4n) is 2.49. The number of benzene rings is 2. The van der Waals surface area contributed by atoms with Crippen LogP contribution >= 0.6 is 11.6 Å². The Bertz CT molecular complexity index is 1110. The van der Waals surface area contributed by atoms with E-state index in [1.807, 2.05) is 0 Å². The Labute approximate surface area is 144 Å². The van der Waals surface area contributed by atoms with Gasteiger partial charge in [-0.05, 0) is 41.9 Å². The van der Waals surface area contributed by atoms with E-state index in [0.717, 1.165) is 18.2 Å². The van der Waals surface area contributed by atoms with Gasteiger partial charge >= 0.3 is 12.4 Å². The Morgan fingerprint density at radius 1 is 0.923 bits per heavy atom. The van der Waals surface area contributed by atoms with Crippen molar-refractivity contribution in [1.29, 1.82) is 0 Å². The zero-order chi connectivity index (χ0) is 19.4. The minimum absolute atomic E-state index is 0.135. The van der Waals surface area contributed by atoms with E-state index in [-0.39, 0.29) is 22.6 Å². The molecular weight excluding hydrogens is 390 g/mol. The van der Waals surface area contributed by atoms with Crippen molar-refractivity contribution < 1.29 is 35.6 Å². The Hall–Kier alpha value is -2.55. The first-order chi connectivity index (χ1) is 11.9. The van der Waals surface area contributed by atoms with Crippen LogP contribution in [-0.4, -0.2) is 5.24 Å². The second-order valence-electron chi connectivity index (χ2n) is 5.31. The summed E-state index contributed by atoms with van der Waals surface area (Å²) in [5.41, 5.74) is -5.94. The van der Waals surface area contributed by atoms with Gasteiger partial charge in [-0.15, -0.1) is 0 Å². The molecule has 10 heteroatoms. The van der Waals surface area contributed by atoms with E-state index in [4.69, 9.17) is 16.0 Å². The lowest BCUT2D eigenvalue weighted by Gasteiger charge is -2.14. The van der Waals surface area contributed by atoms with Crippen LogP contribution in [0.5, 0.6) is 0 Å². The fraction of sp³-hybridized carbons (Fsp3) is 0.125. The third kappa shape index (κ3) is 3.03. The van der Waals surface area contributed by atoms with Crippen molar-refractivity contribution in [2.45, 2.75) is 12.4 Å². The molecule has 0 aliphatic heterocycles. The first-order valence-electron chi connectivity index (χ1n) is 6.78. The minimum Gasteiger partial charge on any atom is -0.456 e. The van der Waals surface area contributed by atoms with Gasteiger partial charge in [0, 0.05) is 5.56 Å². The van der Waals surface area contributed by atoms with Crippen LogP contribution in [0.2, 0.25) is 0 Å². The van der Waals surface area contributed by atoms with Crippen LogP contribution in [0.4, 0.5) is 26.3 Å². The third-order valence-electron chi connectivity index (χ3n) is 3.64. The molecule has 3 nitrogen and oxygen atoms in total. The molecule has 0 amide bonds. The van der Waals surface area contributed by atoms with E-state index < -0.39 is 45.1 Å². The molecule has 0 saturated carbocycles. The Kier molecular flexibility index (Phi) is 4.02. The Balaban J connectivity index is 2.51. The molecule has 3 rings (SSSR count). The molecule has 0 radical (unpaired) electrons. The molecule has 0 spiro atoms. The molecule has 0 fully saturated rings. The predicted octanol–water partition coefficient (Wildman–Crippen LogP) is 5.36. The fourth-order valence-corrected chi connectivity index (χ4v) is 2.60. The number of carbonyl (C=O) groups is 1. The number of rotatable bonds is 1. The Morgan fingerprint density at radius 3 is 2.12 bits per heavy atom. The molecule has 0 aliphatic rings. The number of hydrogen-bond acceptors (Lipinski definition) is 3. The van der Waals surface area contributed by atoms with Crippen LogP contribution in [0.3, 0.4) is 0 Å². The maximum absolute atomic E-state index is 13.2. The summed E-state index contributed by atoms with van der Waals surface area (Å²) in [6, 6.07) is 3.26. The van der Waals surface area contributed by atoms with E-state index in [1.54, 1.807) is 0 Å². The lowest BCUT2D eigenvalue weighted by atomic mass is 10.0. The van der Waals surface area contributed by atoms with E-state index >= 15 is 0 Å². The Morgan fingerprint density at radius 2 is 1.58 bits per heavy atom. The minimum atomic E-state index is -5.21. The van der Waals surface area contributed by atoms with E-state index in [2.05, 4.69) is 0 Å². The molecule has 1 aromatic heterocycles. The summed E-state index contributed by atoms with van der Waals surface area (Å²) in [5.74, 6) is 0. The molecule has 0 aliphatic carbocycles. The van der Waals surface area contributed by atoms with E-state index in [1.165, 1.54) is 0 Å². The van der Waals surface area contributed by atoms with Gasteiger partial charge in [-0.3, -0.25) is 9.59 Å². The van der Waals surface area contributed by atoms with Crippen molar-refractivity contribution in [2.75, 3.05) is 0 Å². The average Bonchev–Trinajstić information content (AvgIpc) is 2.51. The largest absolute Gasteiger partial charge is 0.456 e. The summed E-state index contributed by atoms with van der Waals surface area (Å²) >= 11 is 5.28. The van der Waals surface area contributed by atoms with Crippen LogP contribution in [0.1, 0.15) is 21.5 Å². The monoisotopic (exact) mass is 394 g/mol. The van der Waals surface area contributed by atoms with Gasteiger partial charge in [-0.25, -0.2) is 0 Å². The van der Waals surface area contributed by atoms with Gasteiger partial charge in [0.25, 0.3) is 5.24 Å². The number of alkyl halides is 6. The van der Waals surface area contributed by atoms with Gasteiger partial charge < -0.3 is 4.42 Å². The quantitative estimate of drug-likeness (QED) is 0.317. The summed E-state index contributed by atoms with van der Waals surface area (Å²) < 4.78 is 83.5. The highest BCUT2D eigenvalue weighted by molar-refractivity contribution is 6.67. The van der Waals surface area contributed by atoms with Crippen LogP contribution in [0, 0.1) is 0 Å². The molecular formula is C16H5ClF6O3. The second kappa shape index (κ2) is 5.73. The molecule has 2 aromatic carbocycles. The maximum Gasteiger partial charge on any atom is 0.417 e. The van der Waals surface area contributed by atoms with Crippen LogP contribution < -0.4 is 5.43 Å². The van der Waals surface area contributed by atoms with Gasteiger partial charge in [0.2, 0.25) is 5.43 Å². The van der Waals surface area contributed by atoms with Gasteiger partial charge in [0.1, 0.15) is 11.2 Å². The molecule has 0 atom stereocenters. The highest BCUT2D eigenvalue weighted by Gasteiger charge is 2.39. The highest BCUT2D eigenvalue weighted by atomic mass is 35.5. The molecule has 0 N–H and O–H groups in total. The number of fused-ring (bicyclic) bond motifs is 2. The molecule has 26 heavy (non-hydrogen) atoms. The highest BCUT2D eigenvalue weighted by Crippen LogP contribution is 2.39. The van der Waals surface area contributed by atoms with Crippen LogP contribution in [0.15, 0.2) is 39.5 Å². The maximum atomic E-state index is 13.2. The first kappa shape index (κ1) is 18.2. The van der Waals surface area contributed by atoms with E-state index in [9.17, 15) is 35.9 Å². The standard InChI is InChI=1S/C16H5ClF6O3/c17-14(25)6-1-2-8-10(3-6)26-11-5-7(15(18,19)20)4-9(16(21,22)23)12(11)13(8)24/h1-5H. The summed E-state index contributed by atoms with van der Waals surface area (Å²) in [5, 5.41) is -2.29. The van der Waals surface area contributed by atoms with Crippen molar-refractivity contribution in [1.82, 2.24) is 0 Å². The van der Waals surface area contributed by atoms with Crippen molar-refractivity contribution in [3.8, 4) is 0 Å². The molecule has 1 heterocycles. The van der Waals surface area contributed by atoms with Gasteiger partial charge in [-0.1, -0.05) is 0 Å². The predicted molar refractivity (Wildman–Crippen MR) is 80.2 cm³/mol. The molecule has 0 bridgehead atoms. The van der Waals surface area contributed by atoms with Crippen LogP contribution in [-0.2, 0) is 12.4 Å². The smallest absolute Gasteiger partial charge is 0.417 e. The lowest BCUT2D eigenvalue weighted by molar-refractivity contribution is -0.142. The van der Waals surface area contributed by atoms with Gasteiger partial charge in [-0.2, -0.15) is 26.3 Å². The van der Waals surface area contributed by atoms with Gasteiger partial charge in [0.15, 0.2) is 0 Å². The van der Waals surface area contributed by atoms with Crippen molar-refractivity contribution in [3.63, 3.8) is 0 Å². The van der Waals surface area contributed by atoms with Crippen LogP contribution in [0.25, 0.3) is 21.9 Å². The molecule has 0 saturated heterocycles. The van der Waals surface area contributed by atoms with Crippen molar-refractivity contribution >= 4 is 38.8 Å². The number of hydrogen-bond donors (Lipinski definition) is 0. The topological polar surface area (TPSA) is 47.3 Å². The molecule has 3 aromatic rings. The normalized spacial score (nSPS) is 12.7. The number of carbonyl (C=O) groups excluding carboxylic acids is 1. The van der Waals surface area contributed by atoms with E-state index in [0.29, 0.717) is 6.07 Å². The summed E-state index contributed by atoms with van der Waals surface area (Å²) in [6.07, 6.45) is -10.3. The summed E-state index contributed by atoms with van der Waals surface area (Å²) in [7, 11) is 0. The summed E-state index contributed by atoms with van der Waals surface area (Å²) in [4.78, 5) is 23.6. The number of halogens is 7. The van der Waals surface area contributed by atoms with Crippen molar-refractivity contribution in [2.24, 2.45) is 0 Å². The van der Waals surface area contributed by atoms with Crippen molar-refractivity contribution in [3.05, 3.63) is 57.2 Å². The summed E-state index contributed by atoms with van der Waals surface area (Å²) in [6.45, 7) is 0. The molecule has 0 unspecified atom stereocenters. The zero-order valence-electron chi connectivity index (χ0n) is 12.3. The first-order valence-corrected chi connectivity index (χ1v) is 7.16.